The molecular weight excluding hydrogens is 360 g/mol. The minimum atomic E-state index is 0. The molecule has 5 heteroatoms. The van der Waals surface area contributed by atoms with E-state index in [2.05, 4.69) is 49.5 Å². The Morgan fingerprint density at radius 1 is 1.19 bits per heavy atom. The van der Waals surface area contributed by atoms with Gasteiger partial charge >= 0.3 is 0 Å². The fraction of sp³-hybridized carbons (Fsp3) is 0.409. The highest BCUT2D eigenvalue weighted by Crippen LogP contribution is 2.30. The molecule has 0 radical (unpaired) electrons. The van der Waals surface area contributed by atoms with E-state index in [4.69, 9.17) is 4.74 Å². The number of ether oxygens (including phenoxy) is 1. The van der Waals surface area contributed by atoms with Gasteiger partial charge < -0.3 is 15.0 Å². The number of para-hydroxylation sites is 1. The van der Waals surface area contributed by atoms with Crippen LogP contribution in [0.15, 0.2) is 48.5 Å². The van der Waals surface area contributed by atoms with E-state index < -0.39 is 0 Å². The monoisotopic (exact) mass is 388 g/mol. The van der Waals surface area contributed by atoms with Gasteiger partial charge in [-0.1, -0.05) is 42.5 Å². The molecular formula is C22H29ClN2O2. The smallest absolute Gasteiger partial charge is 0.227 e. The normalized spacial score (nSPS) is 16.1. The zero-order chi connectivity index (χ0) is 18.5. The van der Waals surface area contributed by atoms with Crippen molar-refractivity contribution in [2.24, 2.45) is 5.92 Å². The van der Waals surface area contributed by atoms with Crippen molar-refractivity contribution in [2.45, 2.75) is 32.9 Å². The van der Waals surface area contributed by atoms with Crippen LogP contribution in [0, 0.1) is 5.92 Å². The van der Waals surface area contributed by atoms with Gasteiger partial charge in [0.15, 0.2) is 0 Å². The van der Waals surface area contributed by atoms with Gasteiger partial charge in [0, 0.05) is 24.7 Å². The first-order chi connectivity index (χ1) is 12.6. The van der Waals surface area contributed by atoms with Gasteiger partial charge in [-0.05, 0) is 44.0 Å². The Labute approximate surface area is 168 Å². The van der Waals surface area contributed by atoms with Gasteiger partial charge in [-0.2, -0.15) is 0 Å². The van der Waals surface area contributed by atoms with Crippen molar-refractivity contribution >= 4 is 18.3 Å². The number of rotatable bonds is 6. The highest BCUT2D eigenvalue weighted by atomic mass is 35.5. The molecule has 27 heavy (non-hydrogen) atoms. The van der Waals surface area contributed by atoms with Crippen LogP contribution in [0.1, 0.15) is 25.8 Å². The molecule has 1 saturated heterocycles. The third kappa shape index (κ3) is 5.02. The van der Waals surface area contributed by atoms with Gasteiger partial charge in [-0.25, -0.2) is 0 Å². The summed E-state index contributed by atoms with van der Waals surface area (Å²) in [4.78, 5) is 14.8. The summed E-state index contributed by atoms with van der Waals surface area (Å²) in [7, 11) is 1.69. The number of carbonyl (C=O) groups is 1. The van der Waals surface area contributed by atoms with Gasteiger partial charge in [0.05, 0.1) is 13.0 Å². The summed E-state index contributed by atoms with van der Waals surface area (Å²) >= 11 is 0. The Morgan fingerprint density at radius 2 is 1.89 bits per heavy atom. The van der Waals surface area contributed by atoms with Crippen molar-refractivity contribution in [3.05, 3.63) is 54.1 Å². The van der Waals surface area contributed by atoms with Crippen molar-refractivity contribution in [3.63, 3.8) is 0 Å². The van der Waals surface area contributed by atoms with E-state index >= 15 is 0 Å². The number of methoxy groups -OCH3 is 1. The Kier molecular flexibility index (Phi) is 7.69. The molecule has 3 rings (SSSR count). The maximum atomic E-state index is 12.8. The second-order valence-electron chi connectivity index (χ2n) is 7.15. The highest BCUT2D eigenvalue weighted by Gasteiger charge is 2.28. The second kappa shape index (κ2) is 9.77. The minimum absolute atomic E-state index is 0. The topological polar surface area (TPSA) is 41.6 Å². The number of halogens is 1. The van der Waals surface area contributed by atoms with Gasteiger partial charge in [-0.15, -0.1) is 12.4 Å². The standard InChI is InChI=1S/C22H28N2O2.ClH/c1-16(2)24(22(25)19-12-13-23-14-19)15-17-8-10-18(11-9-17)20-6-4-5-7-21(20)26-3;/h4-11,16,19,23H,12-15H2,1-3H3;1H. The van der Waals surface area contributed by atoms with Crippen LogP contribution >= 0.6 is 12.4 Å². The number of nitrogens with zero attached hydrogens (tertiary/aromatic N) is 1. The zero-order valence-corrected chi connectivity index (χ0v) is 17.1. The van der Waals surface area contributed by atoms with Crippen LogP contribution in [0.3, 0.4) is 0 Å². The molecule has 4 nitrogen and oxygen atoms in total. The molecule has 1 atom stereocenters. The third-order valence-electron chi connectivity index (χ3n) is 5.04. The third-order valence-corrected chi connectivity index (χ3v) is 5.04. The molecule has 2 aromatic rings. The molecule has 1 aliphatic rings. The zero-order valence-electron chi connectivity index (χ0n) is 16.3. The van der Waals surface area contributed by atoms with Crippen LogP contribution in [0.25, 0.3) is 11.1 Å². The molecule has 0 saturated carbocycles. The molecule has 2 aromatic carbocycles. The van der Waals surface area contributed by atoms with Crippen molar-refractivity contribution in [1.82, 2.24) is 10.2 Å². The van der Waals surface area contributed by atoms with E-state index in [-0.39, 0.29) is 30.3 Å². The van der Waals surface area contributed by atoms with Gasteiger partial charge in [0.1, 0.15) is 5.75 Å². The summed E-state index contributed by atoms with van der Waals surface area (Å²) in [5.74, 6) is 1.25. The number of hydrogen-bond donors (Lipinski definition) is 1. The molecule has 1 heterocycles. The predicted octanol–water partition coefficient (Wildman–Crippen LogP) is 4.13. The van der Waals surface area contributed by atoms with Gasteiger partial charge in [0.2, 0.25) is 5.91 Å². The summed E-state index contributed by atoms with van der Waals surface area (Å²) < 4.78 is 5.46. The molecule has 0 aromatic heterocycles. The lowest BCUT2D eigenvalue weighted by molar-refractivity contribution is -0.137. The average Bonchev–Trinajstić information content (AvgIpc) is 3.20. The average molecular weight is 389 g/mol. The first-order valence-corrected chi connectivity index (χ1v) is 9.33. The maximum Gasteiger partial charge on any atom is 0.227 e. The van der Waals surface area contributed by atoms with E-state index in [1.54, 1.807) is 7.11 Å². The van der Waals surface area contributed by atoms with Crippen molar-refractivity contribution < 1.29 is 9.53 Å². The fourth-order valence-corrected chi connectivity index (χ4v) is 3.48. The molecule has 0 bridgehead atoms. The molecule has 1 fully saturated rings. The van der Waals surface area contributed by atoms with E-state index in [0.29, 0.717) is 6.54 Å². The first-order valence-electron chi connectivity index (χ1n) is 9.33. The predicted molar refractivity (Wildman–Crippen MR) is 112 cm³/mol. The fourth-order valence-electron chi connectivity index (χ4n) is 3.48. The number of amides is 1. The summed E-state index contributed by atoms with van der Waals surface area (Å²) in [6.07, 6.45) is 0.939. The summed E-state index contributed by atoms with van der Waals surface area (Å²) in [6.45, 7) is 6.57. The minimum Gasteiger partial charge on any atom is -0.496 e. The maximum absolute atomic E-state index is 12.8. The van der Waals surface area contributed by atoms with Crippen LogP contribution in [0.5, 0.6) is 5.75 Å². The number of hydrogen-bond acceptors (Lipinski definition) is 3. The lowest BCUT2D eigenvalue weighted by Crippen LogP contribution is -2.41. The van der Waals surface area contributed by atoms with Crippen molar-refractivity contribution in [3.8, 4) is 16.9 Å². The van der Waals surface area contributed by atoms with E-state index in [1.807, 2.05) is 23.1 Å². The Morgan fingerprint density at radius 3 is 2.48 bits per heavy atom. The number of carbonyl (C=O) groups excluding carboxylic acids is 1. The molecule has 1 N–H and O–H groups in total. The molecule has 0 spiro atoms. The molecule has 1 unspecified atom stereocenters. The van der Waals surface area contributed by atoms with Crippen molar-refractivity contribution in [1.29, 1.82) is 0 Å². The Hall–Kier alpha value is -2.04. The summed E-state index contributed by atoms with van der Waals surface area (Å²) in [6, 6.07) is 16.6. The summed E-state index contributed by atoms with van der Waals surface area (Å²) in [5, 5.41) is 3.29. The van der Waals surface area contributed by atoms with Gasteiger partial charge in [-0.3, -0.25) is 4.79 Å². The SMILES string of the molecule is COc1ccccc1-c1ccc(CN(C(=O)C2CCNC2)C(C)C)cc1.Cl. The van der Waals surface area contributed by atoms with Crippen LogP contribution in [0.4, 0.5) is 0 Å². The Balaban J connectivity index is 0.00000261. The quantitative estimate of drug-likeness (QED) is 0.808. The lowest BCUT2D eigenvalue weighted by Gasteiger charge is -2.29. The highest BCUT2D eigenvalue weighted by molar-refractivity contribution is 5.85. The van der Waals surface area contributed by atoms with E-state index in [1.165, 1.54) is 0 Å². The van der Waals surface area contributed by atoms with Crippen LogP contribution in [0.2, 0.25) is 0 Å². The first kappa shape index (κ1) is 21.3. The Bertz CT molecular complexity index is 740. The molecule has 1 amide bonds. The second-order valence-corrected chi connectivity index (χ2v) is 7.15. The number of benzene rings is 2. The van der Waals surface area contributed by atoms with Crippen LogP contribution in [-0.4, -0.2) is 37.0 Å². The van der Waals surface area contributed by atoms with Crippen LogP contribution in [-0.2, 0) is 11.3 Å². The molecule has 146 valence electrons. The molecule has 0 aliphatic carbocycles. The van der Waals surface area contributed by atoms with E-state index in [0.717, 1.165) is 42.0 Å². The number of nitrogens with one attached hydrogen (secondary N) is 1. The van der Waals surface area contributed by atoms with E-state index in [9.17, 15) is 4.79 Å². The lowest BCUT2D eigenvalue weighted by atomic mass is 10.0. The molecule has 1 aliphatic heterocycles. The van der Waals surface area contributed by atoms with Crippen molar-refractivity contribution in [2.75, 3.05) is 20.2 Å². The summed E-state index contributed by atoms with van der Waals surface area (Å²) in [5.41, 5.74) is 3.35. The van der Waals surface area contributed by atoms with Crippen LogP contribution < -0.4 is 10.1 Å². The largest absolute Gasteiger partial charge is 0.496 e. The van der Waals surface area contributed by atoms with Gasteiger partial charge in [0.25, 0.3) is 0 Å².